The monoisotopic (exact) mass is 247 g/mol. The van der Waals surface area contributed by atoms with Crippen LogP contribution in [0.1, 0.15) is 58.3 Å². The Labute approximate surface area is 100 Å². The van der Waals surface area contributed by atoms with Crippen LogP contribution in [-0.4, -0.2) is 6.61 Å². The SMILES string of the molecule is C=CO[P+](=O)OCCCCCCCCCC. The molecule has 4 heteroatoms. The fraction of sp³-hybridized carbons (Fsp3) is 0.833. The molecule has 0 aromatic rings. The van der Waals surface area contributed by atoms with Crippen molar-refractivity contribution in [3.05, 3.63) is 12.8 Å². The van der Waals surface area contributed by atoms with Crippen LogP contribution in [0, 0.1) is 0 Å². The van der Waals surface area contributed by atoms with E-state index in [1.54, 1.807) is 0 Å². The summed E-state index contributed by atoms with van der Waals surface area (Å²) in [5.74, 6) is 0. The Morgan fingerprint density at radius 1 is 1.06 bits per heavy atom. The summed E-state index contributed by atoms with van der Waals surface area (Å²) in [4.78, 5) is 0. The van der Waals surface area contributed by atoms with Gasteiger partial charge in [0.25, 0.3) is 0 Å². The summed E-state index contributed by atoms with van der Waals surface area (Å²) in [6.07, 6.45) is 11.1. The van der Waals surface area contributed by atoms with Gasteiger partial charge in [0.05, 0.1) is 0 Å². The van der Waals surface area contributed by atoms with Gasteiger partial charge in [0.15, 0.2) is 0 Å². The van der Waals surface area contributed by atoms with E-state index in [1.165, 1.54) is 38.5 Å². The Bertz CT molecular complexity index is 183. The van der Waals surface area contributed by atoms with E-state index in [2.05, 4.69) is 18.0 Å². The second-order valence-corrected chi connectivity index (χ2v) is 4.72. The standard InChI is InChI=1S/C12H24O3P/c1-3-5-6-7-8-9-10-11-12-15-16(13)14-4-2/h4H,2-3,5-12H2,1H3/q+1. The van der Waals surface area contributed by atoms with Gasteiger partial charge in [0, 0.05) is 4.57 Å². The molecular formula is C12H24O3P+. The first kappa shape index (κ1) is 15.6. The van der Waals surface area contributed by atoms with Crippen LogP contribution in [0.2, 0.25) is 0 Å². The molecular weight excluding hydrogens is 223 g/mol. The molecule has 0 radical (unpaired) electrons. The van der Waals surface area contributed by atoms with Gasteiger partial charge in [-0.25, -0.2) is 4.52 Å². The third-order valence-corrected chi connectivity index (χ3v) is 3.07. The molecule has 16 heavy (non-hydrogen) atoms. The van der Waals surface area contributed by atoms with E-state index in [1.807, 2.05) is 0 Å². The van der Waals surface area contributed by atoms with Crippen LogP contribution in [0.4, 0.5) is 0 Å². The van der Waals surface area contributed by atoms with Gasteiger partial charge >= 0.3 is 8.25 Å². The lowest BCUT2D eigenvalue weighted by atomic mass is 10.1. The van der Waals surface area contributed by atoms with Crippen LogP contribution in [0.25, 0.3) is 0 Å². The van der Waals surface area contributed by atoms with Gasteiger partial charge in [-0.1, -0.05) is 58.4 Å². The van der Waals surface area contributed by atoms with Crippen molar-refractivity contribution < 1.29 is 13.6 Å². The lowest BCUT2D eigenvalue weighted by Gasteiger charge is -1.99. The van der Waals surface area contributed by atoms with Gasteiger partial charge in [-0.05, 0) is 6.42 Å². The van der Waals surface area contributed by atoms with E-state index in [0.29, 0.717) is 6.61 Å². The topological polar surface area (TPSA) is 35.5 Å². The van der Waals surface area contributed by atoms with Gasteiger partial charge in [-0.15, -0.1) is 4.52 Å². The van der Waals surface area contributed by atoms with Gasteiger partial charge < -0.3 is 0 Å². The Balaban J connectivity index is 3.03. The Hall–Kier alpha value is -0.400. The van der Waals surface area contributed by atoms with E-state index in [0.717, 1.165) is 19.1 Å². The van der Waals surface area contributed by atoms with E-state index in [9.17, 15) is 4.57 Å². The zero-order chi connectivity index (χ0) is 12.1. The van der Waals surface area contributed by atoms with Crippen LogP contribution >= 0.6 is 8.25 Å². The van der Waals surface area contributed by atoms with Crippen LogP contribution in [0.5, 0.6) is 0 Å². The van der Waals surface area contributed by atoms with Crippen molar-refractivity contribution in [1.29, 1.82) is 0 Å². The minimum atomic E-state index is -1.98. The highest BCUT2D eigenvalue weighted by Gasteiger charge is 2.17. The van der Waals surface area contributed by atoms with Gasteiger partial charge in [0.1, 0.15) is 12.9 Å². The maximum absolute atomic E-state index is 10.9. The number of rotatable bonds is 12. The zero-order valence-electron chi connectivity index (χ0n) is 10.3. The highest BCUT2D eigenvalue weighted by Crippen LogP contribution is 2.24. The molecule has 0 rings (SSSR count). The fourth-order valence-corrected chi connectivity index (χ4v) is 1.93. The van der Waals surface area contributed by atoms with Crippen molar-refractivity contribution in [2.75, 3.05) is 6.61 Å². The summed E-state index contributed by atoms with van der Waals surface area (Å²) in [6, 6.07) is 0. The fourth-order valence-electron chi connectivity index (χ4n) is 1.47. The number of hydrogen-bond acceptors (Lipinski definition) is 3. The van der Waals surface area contributed by atoms with Crippen molar-refractivity contribution >= 4 is 8.25 Å². The zero-order valence-corrected chi connectivity index (χ0v) is 11.2. The molecule has 1 unspecified atom stereocenters. The highest BCUT2D eigenvalue weighted by molar-refractivity contribution is 7.33. The molecule has 0 aliphatic rings. The molecule has 3 nitrogen and oxygen atoms in total. The lowest BCUT2D eigenvalue weighted by molar-refractivity contribution is 0.264. The quantitative estimate of drug-likeness (QED) is 0.278. The van der Waals surface area contributed by atoms with Crippen molar-refractivity contribution in [1.82, 2.24) is 0 Å². The number of unbranched alkanes of at least 4 members (excludes halogenated alkanes) is 7. The van der Waals surface area contributed by atoms with Crippen LogP contribution in [-0.2, 0) is 13.6 Å². The maximum Gasteiger partial charge on any atom is 0.749 e. The molecule has 0 bridgehead atoms. The summed E-state index contributed by atoms with van der Waals surface area (Å²) < 4.78 is 20.4. The van der Waals surface area contributed by atoms with Crippen molar-refractivity contribution in [3.63, 3.8) is 0 Å². The lowest BCUT2D eigenvalue weighted by Crippen LogP contribution is -1.88. The molecule has 0 aliphatic carbocycles. The summed E-state index contributed by atoms with van der Waals surface area (Å²) in [6.45, 7) is 6.05. The third kappa shape index (κ3) is 11.7. The first-order valence-corrected chi connectivity index (χ1v) is 7.28. The van der Waals surface area contributed by atoms with E-state index < -0.39 is 8.25 Å². The van der Waals surface area contributed by atoms with Crippen molar-refractivity contribution in [3.8, 4) is 0 Å². The largest absolute Gasteiger partial charge is 0.749 e. The maximum atomic E-state index is 10.9. The Morgan fingerprint density at radius 2 is 1.62 bits per heavy atom. The van der Waals surface area contributed by atoms with Gasteiger partial charge in [-0.3, -0.25) is 0 Å². The van der Waals surface area contributed by atoms with Crippen LogP contribution < -0.4 is 0 Å². The van der Waals surface area contributed by atoms with Crippen LogP contribution in [0.15, 0.2) is 12.8 Å². The summed E-state index contributed by atoms with van der Waals surface area (Å²) in [7, 11) is -1.98. The molecule has 0 saturated heterocycles. The Morgan fingerprint density at radius 3 is 2.19 bits per heavy atom. The molecule has 1 atom stereocenters. The molecule has 0 fully saturated rings. The summed E-state index contributed by atoms with van der Waals surface area (Å²) >= 11 is 0. The normalized spacial score (nSPS) is 11.2. The minimum absolute atomic E-state index is 0.512. The predicted octanol–water partition coefficient (Wildman–Crippen LogP) is 4.96. The van der Waals surface area contributed by atoms with Gasteiger partial charge in [-0.2, -0.15) is 0 Å². The van der Waals surface area contributed by atoms with E-state index in [4.69, 9.17) is 4.52 Å². The minimum Gasteiger partial charge on any atom is -0.238 e. The Kier molecular flexibility index (Phi) is 12.4. The molecule has 0 aromatic heterocycles. The molecule has 0 aliphatic heterocycles. The smallest absolute Gasteiger partial charge is 0.238 e. The third-order valence-electron chi connectivity index (χ3n) is 2.36. The molecule has 0 saturated carbocycles. The second-order valence-electron chi connectivity index (χ2n) is 3.80. The molecule has 0 aromatic carbocycles. The van der Waals surface area contributed by atoms with Crippen LogP contribution in [0.3, 0.4) is 0 Å². The summed E-state index contributed by atoms with van der Waals surface area (Å²) in [5, 5.41) is 0. The molecule has 0 heterocycles. The summed E-state index contributed by atoms with van der Waals surface area (Å²) in [5.41, 5.74) is 0. The average Bonchev–Trinajstić information content (AvgIpc) is 2.27. The predicted molar refractivity (Wildman–Crippen MR) is 67.5 cm³/mol. The first-order valence-electron chi connectivity index (χ1n) is 6.19. The van der Waals surface area contributed by atoms with E-state index >= 15 is 0 Å². The molecule has 94 valence electrons. The highest BCUT2D eigenvalue weighted by atomic mass is 31.1. The molecule has 0 N–H and O–H groups in total. The van der Waals surface area contributed by atoms with Gasteiger partial charge in [0.2, 0.25) is 0 Å². The van der Waals surface area contributed by atoms with Crippen molar-refractivity contribution in [2.45, 2.75) is 58.3 Å². The van der Waals surface area contributed by atoms with Crippen molar-refractivity contribution in [2.24, 2.45) is 0 Å². The second kappa shape index (κ2) is 12.7. The first-order chi connectivity index (χ1) is 7.81. The molecule has 0 spiro atoms. The number of hydrogen-bond donors (Lipinski definition) is 0. The average molecular weight is 247 g/mol. The molecule has 0 amide bonds. The van der Waals surface area contributed by atoms with E-state index in [-0.39, 0.29) is 0 Å².